The number of aliphatic carboxylic acids is 1. The van der Waals surface area contributed by atoms with Crippen molar-refractivity contribution >= 4 is 27.7 Å². The molecule has 1 heterocycles. The van der Waals surface area contributed by atoms with Gasteiger partial charge in [-0.3, -0.25) is 4.79 Å². The number of hydrogen-bond donors (Lipinski definition) is 2. The van der Waals surface area contributed by atoms with E-state index in [1.54, 1.807) is 18.2 Å². The van der Waals surface area contributed by atoms with Crippen molar-refractivity contribution in [1.29, 1.82) is 0 Å². The van der Waals surface area contributed by atoms with E-state index >= 15 is 0 Å². The summed E-state index contributed by atoms with van der Waals surface area (Å²) in [6.07, 6.45) is 1.86. The molecular weight excluding hydrogens is 346 g/mol. The van der Waals surface area contributed by atoms with E-state index < -0.39 is 27.9 Å². The molecule has 0 unspecified atom stereocenters. The first-order valence-corrected chi connectivity index (χ1v) is 9.38. The lowest BCUT2D eigenvalue weighted by molar-refractivity contribution is -0.142. The molecule has 0 saturated carbocycles. The number of sulfonamides is 1. The highest BCUT2D eigenvalue weighted by Gasteiger charge is 2.31. The van der Waals surface area contributed by atoms with Gasteiger partial charge in [-0.1, -0.05) is 31.9 Å². The quantitative estimate of drug-likeness (QED) is 0.737. The molecule has 0 fully saturated rings. The average molecular weight is 367 g/mol. The third-order valence-corrected chi connectivity index (χ3v) is 5.16. The van der Waals surface area contributed by atoms with Crippen molar-refractivity contribution < 1.29 is 23.1 Å². The van der Waals surface area contributed by atoms with Gasteiger partial charge in [0.1, 0.15) is 10.9 Å². The minimum absolute atomic E-state index is 0.101. The Kier molecular flexibility index (Phi) is 5.78. The summed E-state index contributed by atoms with van der Waals surface area (Å²) < 4.78 is 27.8. The molecule has 1 aliphatic rings. The van der Waals surface area contributed by atoms with Crippen LogP contribution < -0.4 is 5.32 Å². The minimum atomic E-state index is -3.76. The molecule has 2 rings (SSSR count). The highest BCUT2D eigenvalue weighted by molar-refractivity contribution is 7.90. The van der Waals surface area contributed by atoms with Crippen LogP contribution in [-0.2, 0) is 19.6 Å². The molecular formula is C16H21N3O5S. The maximum Gasteiger partial charge on any atom is 0.326 e. The van der Waals surface area contributed by atoms with Crippen molar-refractivity contribution in [2.24, 2.45) is 4.40 Å². The molecule has 136 valence electrons. The third kappa shape index (κ3) is 4.36. The second kappa shape index (κ2) is 7.64. The number of carboxylic acid groups (broad SMARTS) is 1. The number of amides is 1. The topological polar surface area (TPSA) is 116 Å². The lowest BCUT2D eigenvalue weighted by atomic mass is 10.1. The number of nitrogens with zero attached hydrogens (tertiary/aromatic N) is 2. The molecule has 1 aromatic rings. The predicted octanol–water partition coefficient (Wildman–Crippen LogP) is 0.827. The van der Waals surface area contributed by atoms with E-state index in [1.165, 1.54) is 18.0 Å². The standard InChI is InChI=1S/C16H21N3O5S/c1-3-4-8-12(16(21)22)17-14(20)10-19(2)15-11-7-5-6-9-13(11)25(23,24)18-15/h5-7,9,12H,3-4,8,10H2,1-2H3,(H,17,20)(H,21,22)/t12-/m0/s1. The molecule has 25 heavy (non-hydrogen) atoms. The summed E-state index contributed by atoms with van der Waals surface area (Å²) in [6, 6.07) is 5.41. The van der Waals surface area contributed by atoms with Crippen LogP contribution in [0.1, 0.15) is 31.7 Å². The Bertz CT molecular complexity index is 804. The Morgan fingerprint density at radius 1 is 1.32 bits per heavy atom. The van der Waals surface area contributed by atoms with Crippen molar-refractivity contribution in [2.75, 3.05) is 13.6 Å². The van der Waals surface area contributed by atoms with Crippen LogP contribution in [-0.4, -0.2) is 55.8 Å². The molecule has 0 aliphatic carbocycles. The van der Waals surface area contributed by atoms with Crippen LogP contribution in [0.25, 0.3) is 0 Å². The number of rotatable bonds is 7. The molecule has 0 aromatic heterocycles. The van der Waals surface area contributed by atoms with E-state index in [1.807, 2.05) is 6.92 Å². The van der Waals surface area contributed by atoms with Crippen LogP contribution in [0.4, 0.5) is 0 Å². The summed E-state index contributed by atoms with van der Waals surface area (Å²) in [5.41, 5.74) is 0.429. The summed E-state index contributed by atoms with van der Waals surface area (Å²) in [5.74, 6) is -1.42. The molecule has 0 bridgehead atoms. The Hall–Kier alpha value is -2.42. The first-order chi connectivity index (χ1) is 11.8. The molecule has 1 aromatic carbocycles. The Morgan fingerprint density at radius 3 is 2.64 bits per heavy atom. The minimum Gasteiger partial charge on any atom is -0.480 e. The summed E-state index contributed by atoms with van der Waals surface area (Å²) in [5, 5.41) is 11.6. The van der Waals surface area contributed by atoms with Gasteiger partial charge >= 0.3 is 5.97 Å². The van der Waals surface area contributed by atoms with Crippen LogP contribution in [0, 0.1) is 0 Å². The normalized spacial score (nSPS) is 15.8. The number of nitrogens with one attached hydrogen (secondary N) is 1. The van der Waals surface area contributed by atoms with Crippen LogP contribution >= 0.6 is 0 Å². The number of likely N-dealkylation sites (N-methyl/N-ethyl adjacent to an activating group) is 1. The third-order valence-electron chi connectivity index (χ3n) is 3.83. The Morgan fingerprint density at radius 2 is 2.00 bits per heavy atom. The Balaban J connectivity index is 2.08. The average Bonchev–Trinajstić information content (AvgIpc) is 2.83. The summed E-state index contributed by atoms with van der Waals surface area (Å²) in [6.45, 7) is 1.74. The van der Waals surface area contributed by atoms with Gasteiger partial charge in [0.25, 0.3) is 10.0 Å². The fourth-order valence-electron chi connectivity index (χ4n) is 2.56. The lowest BCUT2D eigenvalue weighted by Gasteiger charge is -2.20. The van der Waals surface area contributed by atoms with Gasteiger partial charge in [0.05, 0.1) is 6.54 Å². The molecule has 1 aliphatic heterocycles. The van der Waals surface area contributed by atoms with Gasteiger partial charge < -0.3 is 15.3 Å². The largest absolute Gasteiger partial charge is 0.480 e. The number of fused-ring (bicyclic) bond motifs is 1. The van der Waals surface area contributed by atoms with Crippen LogP contribution in [0.5, 0.6) is 0 Å². The maximum atomic E-state index is 12.1. The molecule has 8 nitrogen and oxygen atoms in total. The van der Waals surface area contributed by atoms with Gasteiger partial charge in [-0.15, -0.1) is 4.40 Å². The lowest BCUT2D eigenvalue weighted by Crippen LogP contribution is -2.46. The number of carbonyl (C=O) groups is 2. The van der Waals surface area contributed by atoms with Gasteiger partial charge in [-0.25, -0.2) is 4.79 Å². The van der Waals surface area contributed by atoms with Crippen LogP contribution in [0.3, 0.4) is 0 Å². The second-order valence-corrected chi connectivity index (χ2v) is 7.42. The zero-order valence-corrected chi connectivity index (χ0v) is 14.9. The number of carboxylic acids is 1. The Labute approximate surface area is 146 Å². The first kappa shape index (κ1) is 18.9. The molecule has 1 atom stereocenters. The highest BCUT2D eigenvalue weighted by Crippen LogP contribution is 2.26. The van der Waals surface area contributed by atoms with Gasteiger partial charge in [0.15, 0.2) is 5.84 Å². The number of carbonyl (C=O) groups excluding carboxylic acids is 1. The van der Waals surface area contributed by atoms with E-state index in [4.69, 9.17) is 5.11 Å². The predicted molar refractivity (Wildman–Crippen MR) is 91.9 cm³/mol. The number of hydrogen-bond acceptors (Lipinski definition) is 5. The van der Waals surface area contributed by atoms with Gasteiger partial charge in [0.2, 0.25) is 5.91 Å². The molecule has 0 saturated heterocycles. The first-order valence-electron chi connectivity index (χ1n) is 7.94. The van der Waals surface area contributed by atoms with E-state index in [2.05, 4.69) is 9.71 Å². The van der Waals surface area contributed by atoms with Gasteiger partial charge in [-0.2, -0.15) is 8.42 Å². The van der Waals surface area contributed by atoms with Crippen LogP contribution in [0.2, 0.25) is 0 Å². The zero-order valence-electron chi connectivity index (χ0n) is 14.1. The second-order valence-electron chi connectivity index (χ2n) is 5.84. The van der Waals surface area contributed by atoms with Gasteiger partial charge in [-0.05, 0) is 18.6 Å². The zero-order chi connectivity index (χ0) is 18.6. The smallest absolute Gasteiger partial charge is 0.326 e. The van der Waals surface area contributed by atoms with E-state index in [-0.39, 0.29) is 17.3 Å². The van der Waals surface area contributed by atoms with Crippen molar-refractivity contribution in [2.45, 2.75) is 37.1 Å². The number of unbranched alkanes of at least 4 members (excludes halogenated alkanes) is 1. The van der Waals surface area contributed by atoms with Crippen molar-refractivity contribution in [1.82, 2.24) is 10.2 Å². The summed E-state index contributed by atoms with van der Waals surface area (Å²) in [7, 11) is -2.22. The summed E-state index contributed by atoms with van der Waals surface area (Å²) >= 11 is 0. The molecule has 0 radical (unpaired) electrons. The van der Waals surface area contributed by atoms with E-state index in [0.717, 1.165) is 6.42 Å². The van der Waals surface area contributed by atoms with E-state index in [9.17, 15) is 18.0 Å². The SMILES string of the molecule is CCCC[C@H](NC(=O)CN(C)C1=NS(=O)(=O)c2ccccc21)C(=O)O. The van der Waals surface area contributed by atoms with Crippen LogP contribution in [0.15, 0.2) is 33.6 Å². The van der Waals surface area contributed by atoms with Gasteiger partial charge in [0, 0.05) is 12.6 Å². The fraction of sp³-hybridized carbons (Fsp3) is 0.438. The summed E-state index contributed by atoms with van der Waals surface area (Å²) in [4.78, 5) is 24.8. The molecule has 0 spiro atoms. The molecule has 2 N–H and O–H groups in total. The van der Waals surface area contributed by atoms with Crippen molar-refractivity contribution in [3.05, 3.63) is 29.8 Å². The highest BCUT2D eigenvalue weighted by atomic mass is 32.2. The number of benzene rings is 1. The van der Waals surface area contributed by atoms with E-state index in [0.29, 0.717) is 18.4 Å². The fourth-order valence-corrected chi connectivity index (χ4v) is 3.81. The van der Waals surface area contributed by atoms with Crippen molar-refractivity contribution in [3.8, 4) is 0 Å². The van der Waals surface area contributed by atoms with Crippen molar-refractivity contribution in [3.63, 3.8) is 0 Å². The molecule has 1 amide bonds. The maximum absolute atomic E-state index is 12.1. The monoisotopic (exact) mass is 367 g/mol. The molecule has 9 heteroatoms. The number of amidine groups is 1.